The van der Waals surface area contributed by atoms with Gasteiger partial charge in [-0.05, 0) is 37.3 Å². The highest BCUT2D eigenvalue weighted by molar-refractivity contribution is 6.31. The van der Waals surface area contributed by atoms with Crippen molar-refractivity contribution in [2.24, 2.45) is 0 Å². The van der Waals surface area contributed by atoms with E-state index in [4.69, 9.17) is 16.0 Å². The number of carbonyl (C=O) groups excluding carboxylic acids is 1. The molecule has 3 N–H and O–H groups in total. The van der Waals surface area contributed by atoms with Crippen molar-refractivity contribution in [3.05, 3.63) is 60.0 Å². The number of nitrogens with two attached hydrogens (primary N) is 1. The molecule has 0 aliphatic rings. The van der Waals surface area contributed by atoms with Gasteiger partial charge in [-0.2, -0.15) is 5.10 Å². The molecule has 0 saturated heterocycles. The Morgan fingerprint density at radius 1 is 1.46 bits per heavy atom. The van der Waals surface area contributed by atoms with E-state index in [9.17, 15) is 4.79 Å². The summed E-state index contributed by atoms with van der Waals surface area (Å²) < 4.78 is 6.90. The summed E-state index contributed by atoms with van der Waals surface area (Å²) in [5, 5.41) is 9.38. The molecule has 3 aromatic rings. The summed E-state index contributed by atoms with van der Waals surface area (Å²) in [5.41, 5.74) is 1.28. The van der Waals surface area contributed by atoms with E-state index >= 15 is 0 Å². The number of rotatable bonds is 6. The first-order chi connectivity index (χ1) is 11.6. The zero-order valence-electron chi connectivity index (χ0n) is 13.0. The number of benzene rings is 1. The van der Waals surface area contributed by atoms with Gasteiger partial charge < -0.3 is 15.1 Å². The molecule has 2 heterocycles. The standard InChI is InChI=1S/C16H16ClN5O2/c1-11(15-3-2-6-24-15)19-8-16(23)21-13-7-12(17)4-5-14(13)22-10-18-9-20-22/h2-7,9-11,19H,8H2,1H3,(H,21,23)/p+1/t11-/m1/s1. The summed E-state index contributed by atoms with van der Waals surface area (Å²) in [7, 11) is 0. The summed E-state index contributed by atoms with van der Waals surface area (Å²) in [5.74, 6) is 0.686. The van der Waals surface area contributed by atoms with Gasteiger partial charge in [-0.1, -0.05) is 11.6 Å². The Bertz CT molecular complexity index is 802. The fraction of sp³-hybridized carbons (Fsp3) is 0.188. The number of quaternary nitrogens is 1. The molecule has 0 unspecified atom stereocenters. The highest BCUT2D eigenvalue weighted by Crippen LogP contribution is 2.23. The average Bonchev–Trinajstić information content (AvgIpc) is 3.26. The van der Waals surface area contributed by atoms with Gasteiger partial charge >= 0.3 is 0 Å². The van der Waals surface area contributed by atoms with Gasteiger partial charge in [-0.15, -0.1) is 0 Å². The number of carbonyl (C=O) groups is 1. The highest BCUT2D eigenvalue weighted by Gasteiger charge is 2.15. The van der Waals surface area contributed by atoms with Gasteiger partial charge in [-0.3, -0.25) is 4.79 Å². The van der Waals surface area contributed by atoms with Crippen LogP contribution in [0, 0.1) is 0 Å². The van der Waals surface area contributed by atoms with E-state index in [1.54, 1.807) is 35.5 Å². The van der Waals surface area contributed by atoms with Crippen LogP contribution in [0.1, 0.15) is 18.7 Å². The third-order valence-corrected chi connectivity index (χ3v) is 3.78. The largest absolute Gasteiger partial charge is 0.463 e. The molecule has 1 aromatic carbocycles. The van der Waals surface area contributed by atoms with Gasteiger partial charge in [0.15, 0.2) is 12.3 Å². The van der Waals surface area contributed by atoms with E-state index in [0.29, 0.717) is 16.4 Å². The van der Waals surface area contributed by atoms with Crippen molar-refractivity contribution in [3.63, 3.8) is 0 Å². The maximum Gasteiger partial charge on any atom is 0.279 e. The minimum absolute atomic E-state index is 0.0555. The van der Waals surface area contributed by atoms with Crippen LogP contribution < -0.4 is 10.6 Å². The second kappa shape index (κ2) is 7.29. The lowest BCUT2D eigenvalue weighted by Crippen LogP contribution is -2.86. The molecule has 0 radical (unpaired) electrons. The topological polar surface area (TPSA) is 89.6 Å². The lowest BCUT2D eigenvalue weighted by Gasteiger charge is -2.12. The molecule has 1 atom stereocenters. The van der Waals surface area contributed by atoms with Crippen molar-refractivity contribution in [2.45, 2.75) is 13.0 Å². The second-order valence-corrected chi connectivity index (χ2v) is 5.73. The summed E-state index contributed by atoms with van der Waals surface area (Å²) in [6.07, 6.45) is 4.61. The molecule has 0 spiro atoms. The Labute approximate surface area is 143 Å². The molecule has 24 heavy (non-hydrogen) atoms. The average molecular weight is 347 g/mol. The molecule has 0 saturated carbocycles. The van der Waals surface area contributed by atoms with E-state index in [2.05, 4.69) is 15.4 Å². The lowest BCUT2D eigenvalue weighted by atomic mass is 10.2. The van der Waals surface area contributed by atoms with E-state index in [-0.39, 0.29) is 18.5 Å². The molecule has 0 aliphatic heterocycles. The number of hydrogen-bond acceptors (Lipinski definition) is 4. The minimum atomic E-state index is -0.142. The van der Waals surface area contributed by atoms with E-state index in [1.807, 2.05) is 24.4 Å². The Hall–Kier alpha value is -2.64. The number of furan rings is 1. The second-order valence-electron chi connectivity index (χ2n) is 5.29. The Kier molecular flexibility index (Phi) is 4.93. The zero-order valence-corrected chi connectivity index (χ0v) is 13.8. The van der Waals surface area contributed by atoms with Crippen LogP contribution in [0.2, 0.25) is 5.02 Å². The normalized spacial score (nSPS) is 12.1. The molecule has 8 heteroatoms. The van der Waals surface area contributed by atoms with Crippen LogP contribution in [0.4, 0.5) is 5.69 Å². The van der Waals surface area contributed by atoms with E-state index < -0.39 is 0 Å². The van der Waals surface area contributed by atoms with Crippen LogP contribution in [0.25, 0.3) is 5.69 Å². The van der Waals surface area contributed by atoms with Gasteiger partial charge in [0.1, 0.15) is 18.7 Å². The van der Waals surface area contributed by atoms with E-state index in [1.165, 1.54) is 6.33 Å². The summed E-state index contributed by atoms with van der Waals surface area (Å²) >= 11 is 6.04. The summed E-state index contributed by atoms with van der Waals surface area (Å²) in [4.78, 5) is 16.2. The maximum atomic E-state index is 12.3. The third kappa shape index (κ3) is 3.81. The van der Waals surface area contributed by atoms with Crippen molar-refractivity contribution in [1.82, 2.24) is 14.8 Å². The summed E-state index contributed by atoms with van der Waals surface area (Å²) in [6.45, 7) is 2.23. The number of halogens is 1. The van der Waals surface area contributed by atoms with E-state index in [0.717, 1.165) is 5.76 Å². The minimum Gasteiger partial charge on any atom is -0.463 e. The Morgan fingerprint density at radius 3 is 3.04 bits per heavy atom. The lowest BCUT2D eigenvalue weighted by molar-refractivity contribution is -0.684. The van der Waals surface area contributed by atoms with Crippen molar-refractivity contribution >= 4 is 23.2 Å². The SMILES string of the molecule is C[C@@H]([NH2+]CC(=O)Nc1cc(Cl)ccc1-n1cncn1)c1ccco1. The Morgan fingerprint density at radius 2 is 2.33 bits per heavy atom. The van der Waals surface area contributed by atoms with Crippen molar-refractivity contribution in [3.8, 4) is 5.69 Å². The van der Waals surface area contributed by atoms with Crippen LogP contribution in [0.5, 0.6) is 0 Å². The third-order valence-electron chi connectivity index (χ3n) is 3.55. The van der Waals surface area contributed by atoms with Crippen LogP contribution in [0.15, 0.2) is 53.7 Å². The zero-order chi connectivity index (χ0) is 16.9. The number of aromatic nitrogens is 3. The van der Waals surface area contributed by atoms with Gasteiger partial charge in [0, 0.05) is 5.02 Å². The first kappa shape index (κ1) is 16.2. The number of amides is 1. The molecule has 3 rings (SSSR count). The molecular weight excluding hydrogens is 330 g/mol. The van der Waals surface area contributed by atoms with Crippen molar-refractivity contribution < 1.29 is 14.5 Å². The van der Waals surface area contributed by atoms with Gasteiger partial charge in [0.05, 0.1) is 17.6 Å². The molecule has 0 fully saturated rings. The molecule has 7 nitrogen and oxygen atoms in total. The number of nitrogens with zero attached hydrogens (tertiary/aromatic N) is 3. The number of hydrogen-bond donors (Lipinski definition) is 2. The first-order valence-corrected chi connectivity index (χ1v) is 7.82. The molecule has 0 aliphatic carbocycles. The fourth-order valence-electron chi connectivity index (χ4n) is 2.29. The molecule has 1 amide bonds. The van der Waals surface area contributed by atoms with Crippen LogP contribution in [0.3, 0.4) is 0 Å². The van der Waals surface area contributed by atoms with Gasteiger partial charge in [0.2, 0.25) is 0 Å². The maximum absolute atomic E-state index is 12.3. The number of nitrogens with one attached hydrogen (secondary N) is 1. The Balaban J connectivity index is 1.67. The van der Waals surface area contributed by atoms with Crippen LogP contribution in [-0.4, -0.2) is 27.2 Å². The van der Waals surface area contributed by atoms with Crippen molar-refractivity contribution in [2.75, 3.05) is 11.9 Å². The quantitative estimate of drug-likeness (QED) is 0.712. The predicted molar refractivity (Wildman–Crippen MR) is 88.9 cm³/mol. The predicted octanol–water partition coefficient (Wildman–Crippen LogP) is 1.78. The van der Waals surface area contributed by atoms with Crippen LogP contribution in [-0.2, 0) is 4.79 Å². The molecular formula is C16H17ClN5O2+. The van der Waals surface area contributed by atoms with Crippen molar-refractivity contribution in [1.29, 1.82) is 0 Å². The fourth-order valence-corrected chi connectivity index (χ4v) is 2.46. The highest BCUT2D eigenvalue weighted by atomic mass is 35.5. The molecule has 0 bridgehead atoms. The summed E-state index contributed by atoms with van der Waals surface area (Å²) in [6, 6.07) is 8.97. The molecule has 124 valence electrons. The first-order valence-electron chi connectivity index (χ1n) is 7.44. The monoisotopic (exact) mass is 346 g/mol. The number of anilines is 1. The van der Waals surface area contributed by atoms with Crippen LogP contribution >= 0.6 is 11.6 Å². The smallest absolute Gasteiger partial charge is 0.279 e. The van der Waals surface area contributed by atoms with Gasteiger partial charge in [-0.25, -0.2) is 9.67 Å². The van der Waals surface area contributed by atoms with Gasteiger partial charge in [0.25, 0.3) is 5.91 Å². The molecule has 2 aromatic heterocycles.